The van der Waals surface area contributed by atoms with Gasteiger partial charge in [-0.05, 0) is 19.1 Å². The zero-order valence-corrected chi connectivity index (χ0v) is 10.5. The molecule has 0 fully saturated rings. The molecule has 0 unspecified atom stereocenters. The highest BCUT2D eigenvalue weighted by molar-refractivity contribution is 5.94. The molecule has 2 aromatic rings. The molecule has 2 N–H and O–H groups in total. The van der Waals surface area contributed by atoms with E-state index in [1.165, 1.54) is 12.1 Å². The lowest BCUT2D eigenvalue weighted by Gasteiger charge is -2.10. The lowest BCUT2D eigenvalue weighted by atomic mass is 10.1. The summed E-state index contributed by atoms with van der Waals surface area (Å²) in [6, 6.07) is 2.58. The summed E-state index contributed by atoms with van der Waals surface area (Å²) in [4.78, 5) is 27.4. The summed E-state index contributed by atoms with van der Waals surface area (Å²) < 4.78 is 14.4. The van der Waals surface area contributed by atoms with Crippen LogP contribution in [0.25, 0.3) is 11.3 Å². The molecule has 0 spiro atoms. The van der Waals surface area contributed by atoms with Crippen molar-refractivity contribution in [3.63, 3.8) is 0 Å². The zero-order valence-electron chi connectivity index (χ0n) is 10.5. The topological polar surface area (TPSA) is 78.0 Å². The van der Waals surface area contributed by atoms with Crippen molar-refractivity contribution in [3.05, 3.63) is 51.8 Å². The number of hydrogen-bond acceptors (Lipinski definition) is 3. The first-order chi connectivity index (χ1) is 8.91. The van der Waals surface area contributed by atoms with Gasteiger partial charge in [0.15, 0.2) is 0 Å². The maximum absolute atomic E-state index is 12.8. The van der Waals surface area contributed by atoms with Crippen LogP contribution in [0, 0.1) is 12.7 Å². The molecule has 2 heterocycles. The first kappa shape index (κ1) is 12.9. The molecule has 1 amide bonds. The summed E-state index contributed by atoms with van der Waals surface area (Å²) in [7, 11) is 1.69. The van der Waals surface area contributed by atoms with Gasteiger partial charge in [-0.3, -0.25) is 14.6 Å². The number of primary amides is 1. The van der Waals surface area contributed by atoms with E-state index in [0.29, 0.717) is 11.4 Å². The van der Waals surface area contributed by atoms with E-state index in [-0.39, 0.29) is 11.1 Å². The third-order valence-corrected chi connectivity index (χ3v) is 2.94. The highest BCUT2D eigenvalue weighted by Gasteiger charge is 2.17. The van der Waals surface area contributed by atoms with Gasteiger partial charge in [-0.1, -0.05) is 0 Å². The number of carbonyl (C=O) groups excluding carboxylic acids is 1. The van der Waals surface area contributed by atoms with Crippen molar-refractivity contribution in [2.75, 3.05) is 0 Å². The van der Waals surface area contributed by atoms with Gasteiger partial charge in [-0.2, -0.15) is 0 Å². The Morgan fingerprint density at radius 3 is 2.63 bits per heavy atom. The van der Waals surface area contributed by atoms with E-state index in [1.807, 2.05) is 0 Å². The van der Waals surface area contributed by atoms with Crippen molar-refractivity contribution in [2.24, 2.45) is 12.8 Å². The second kappa shape index (κ2) is 4.64. The molecule has 0 aliphatic rings. The molecule has 0 aromatic carbocycles. The highest BCUT2D eigenvalue weighted by Crippen LogP contribution is 2.15. The summed E-state index contributed by atoms with van der Waals surface area (Å²) in [5, 5.41) is 0. The van der Waals surface area contributed by atoms with Gasteiger partial charge in [0, 0.05) is 18.9 Å². The van der Waals surface area contributed by atoms with Gasteiger partial charge in [0.05, 0.1) is 17.5 Å². The van der Waals surface area contributed by atoms with Gasteiger partial charge < -0.3 is 10.3 Å². The van der Waals surface area contributed by atoms with Crippen LogP contribution in [0.3, 0.4) is 0 Å². The lowest BCUT2D eigenvalue weighted by Crippen LogP contribution is -2.27. The Balaban J connectivity index is 2.75. The second-order valence-corrected chi connectivity index (χ2v) is 4.17. The van der Waals surface area contributed by atoms with Crippen LogP contribution in [0.2, 0.25) is 0 Å². The van der Waals surface area contributed by atoms with E-state index < -0.39 is 17.2 Å². The molecule has 5 nitrogen and oxygen atoms in total. The summed E-state index contributed by atoms with van der Waals surface area (Å²) in [5.74, 6) is -1.29. The van der Waals surface area contributed by atoms with Crippen LogP contribution in [0.1, 0.15) is 16.1 Å². The summed E-state index contributed by atoms with van der Waals surface area (Å²) in [6.45, 7) is 1.63. The Bertz CT molecular complexity index is 705. The van der Waals surface area contributed by atoms with Crippen LogP contribution in [-0.4, -0.2) is 15.5 Å². The normalized spacial score (nSPS) is 10.5. The fraction of sp³-hybridized carbons (Fsp3) is 0.154. The molecule has 0 aliphatic heterocycles. The molecular formula is C13H12FN3O2. The molecule has 0 aliphatic carbocycles. The molecule has 0 saturated heterocycles. The van der Waals surface area contributed by atoms with Crippen molar-refractivity contribution in [2.45, 2.75) is 6.92 Å². The van der Waals surface area contributed by atoms with E-state index >= 15 is 0 Å². The molecular weight excluding hydrogens is 249 g/mol. The summed E-state index contributed by atoms with van der Waals surface area (Å²) in [6.07, 6.45) is 2.56. The lowest BCUT2D eigenvalue weighted by molar-refractivity contribution is 0.0998. The predicted molar refractivity (Wildman–Crippen MR) is 68.1 cm³/mol. The second-order valence-electron chi connectivity index (χ2n) is 4.17. The average molecular weight is 261 g/mol. The van der Waals surface area contributed by atoms with Crippen LogP contribution in [-0.2, 0) is 7.05 Å². The number of hydrogen-bond donors (Lipinski definition) is 1. The van der Waals surface area contributed by atoms with E-state index in [2.05, 4.69) is 4.98 Å². The molecule has 2 aromatic heterocycles. The van der Waals surface area contributed by atoms with Crippen molar-refractivity contribution in [1.29, 1.82) is 0 Å². The standard InChI is InChI=1S/C13H12FN3O2/c1-7-11(13(15)19)12(18)9(6-17(7)2)10-4-3-8(14)5-16-10/h3-6H,1-2H3,(H2,15,19). The summed E-state index contributed by atoms with van der Waals surface area (Å²) in [5.41, 5.74) is 5.63. The Labute approximate surface area is 108 Å². The quantitative estimate of drug-likeness (QED) is 0.875. The van der Waals surface area contributed by atoms with Crippen molar-refractivity contribution < 1.29 is 9.18 Å². The molecule has 0 bridgehead atoms. The van der Waals surface area contributed by atoms with E-state index in [1.54, 1.807) is 24.7 Å². The number of amides is 1. The molecule has 0 atom stereocenters. The number of rotatable bonds is 2. The monoisotopic (exact) mass is 261 g/mol. The summed E-state index contributed by atoms with van der Waals surface area (Å²) >= 11 is 0. The number of aryl methyl sites for hydroxylation is 1. The van der Waals surface area contributed by atoms with Gasteiger partial charge in [0.25, 0.3) is 5.91 Å². The zero-order chi connectivity index (χ0) is 14.2. The Hall–Kier alpha value is -2.50. The Morgan fingerprint density at radius 2 is 2.11 bits per heavy atom. The van der Waals surface area contributed by atoms with Crippen molar-refractivity contribution in [3.8, 4) is 11.3 Å². The van der Waals surface area contributed by atoms with Gasteiger partial charge in [0.1, 0.15) is 11.4 Å². The maximum Gasteiger partial charge on any atom is 0.254 e. The van der Waals surface area contributed by atoms with E-state index in [9.17, 15) is 14.0 Å². The first-order valence-corrected chi connectivity index (χ1v) is 5.53. The fourth-order valence-corrected chi connectivity index (χ4v) is 1.83. The molecule has 98 valence electrons. The first-order valence-electron chi connectivity index (χ1n) is 5.53. The van der Waals surface area contributed by atoms with Gasteiger partial charge in [0.2, 0.25) is 5.43 Å². The number of nitrogens with two attached hydrogens (primary N) is 1. The molecule has 19 heavy (non-hydrogen) atoms. The fourth-order valence-electron chi connectivity index (χ4n) is 1.83. The van der Waals surface area contributed by atoms with Crippen molar-refractivity contribution >= 4 is 5.91 Å². The minimum absolute atomic E-state index is 0.0777. The van der Waals surface area contributed by atoms with E-state index in [4.69, 9.17) is 5.73 Å². The van der Waals surface area contributed by atoms with Crippen molar-refractivity contribution in [1.82, 2.24) is 9.55 Å². The Kier molecular flexibility index (Phi) is 3.16. The molecule has 0 saturated carbocycles. The molecule has 6 heteroatoms. The van der Waals surface area contributed by atoms with Gasteiger partial charge >= 0.3 is 0 Å². The van der Waals surface area contributed by atoms with Crippen LogP contribution < -0.4 is 11.2 Å². The number of nitrogens with zero attached hydrogens (tertiary/aromatic N) is 2. The van der Waals surface area contributed by atoms with Crippen LogP contribution in [0.4, 0.5) is 4.39 Å². The SMILES string of the molecule is Cc1c(C(N)=O)c(=O)c(-c2ccc(F)cn2)cn1C. The van der Waals surface area contributed by atoms with Crippen LogP contribution in [0.15, 0.2) is 29.3 Å². The predicted octanol–water partition coefficient (Wildman–Crippen LogP) is 0.994. The van der Waals surface area contributed by atoms with Gasteiger partial charge in [-0.25, -0.2) is 4.39 Å². The third kappa shape index (κ3) is 2.24. The average Bonchev–Trinajstić information content (AvgIpc) is 2.35. The smallest absolute Gasteiger partial charge is 0.254 e. The molecule has 0 radical (unpaired) electrons. The number of pyridine rings is 2. The number of halogens is 1. The largest absolute Gasteiger partial charge is 0.365 e. The Morgan fingerprint density at radius 1 is 1.42 bits per heavy atom. The van der Waals surface area contributed by atoms with Crippen LogP contribution in [0.5, 0.6) is 0 Å². The van der Waals surface area contributed by atoms with E-state index in [0.717, 1.165) is 6.20 Å². The number of aromatic nitrogens is 2. The minimum Gasteiger partial charge on any atom is -0.365 e. The van der Waals surface area contributed by atoms with Crippen LogP contribution >= 0.6 is 0 Å². The molecule has 2 rings (SSSR count). The minimum atomic E-state index is -0.790. The highest BCUT2D eigenvalue weighted by atomic mass is 19.1. The number of carbonyl (C=O) groups is 1. The van der Waals surface area contributed by atoms with Gasteiger partial charge in [-0.15, -0.1) is 0 Å². The third-order valence-electron chi connectivity index (χ3n) is 2.94. The maximum atomic E-state index is 12.8.